The van der Waals surface area contributed by atoms with Crippen LogP contribution in [0.2, 0.25) is 0 Å². The van der Waals surface area contributed by atoms with Gasteiger partial charge in [0, 0.05) is 18.0 Å². The highest BCUT2D eigenvalue weighted by atomic mass is 16.4. The van der Waals surface area contributed by atoms with Crippen LogP contribution in [0, 0.1) is 5.92 Å². The lowest BCUT2D eigenvalue weighted by atomic mass is 10.0. The highest BCUT2D eigenvalue weighted by Gasteiger charge is 2.46. The summed E-state index contributed by atoms with van der Waals surface area (Å²) in [6.07, 6.45) is 3.13. The molecule has 1 saturated carbocycles. The van der Waals surface area contributed by atoms with E-state index in [0.717, 1.165) is 18.4 Å². The highest BCUT2D eigenvalue weighted by molar-refractivity contribution is 5.76. The third kappa shape index (κ3) is 5.27. The van der Waals surface area contributed by atoms with Crippen LogP contribution < -0.4 is 10.6 Å². The number of carbonyl (C=O) groups is 2. The molecule has 5 nitrogen and oxygen atoms in total. The van der Waals surface area contributed by atoms with Gasteiger partial charge in [-0.05, 0) is 37.2 Å². The predicted octanol–water partition coefficient (Wildman–Crippen LogP) is 2.95. The van der Waals surface area contributed by atoms with Gasteiger partial charge < -0.3 is 15.7 Å². The summed E-state index contributed by atoms with van der Waals surface area (Å²) in [4.78, 5) is 23.1. The first-order valence-corrected chi connectivity index (χ1v) is 8.26. The van der Waals surface area contributed by atoms with E-state index in [1.807, 2.05) is 30.3 Å². The van der Waals surface area contributed by atoms with Crippen LogP contribution in [-0.4, -0.2) is 28.7 Å². The Bertz CT molecular complexity index is 538. The number of nitrogens with one attached hydrogen (secondary N) is 2. The van der Waals surface area contributed by atoms with Crippen LogP contribution in [-0.2, 0) is 11.2 Å². The van der Waals surface area contributed by atoms with Crippen molar-refractivity contribution in [3.8, 4) is 0 Å². The molecule has 126 valence electrons. The van der Waals surface area contributed by atoms with Crippen LogP contribution in [0.25, 0.3) is 0 Å². The first-order valence-electron chi connectivity index (χ1n) is 8.26. The second kappa shape index (κ2) is 7.49. The van der Waals surface area contributed by atoms with Crippen molar-refractivity contribution in [2.75, 3.05) is 0 Å². The maximum Gasteiger partial charge on any atom is 0.315 e. The molecule has 1 aliphatic rings. The van der Waals surface area contributed by atoms with Crippen LogP contribution >= 0.6 is 0 Å². The summed E-state index contributed by atoms with van der Waals surface area (Å²) in [5.41, 5.74) is 1.02. The van der Waals surface area contributed by atoms with E-state index in [1.165, 1.54) is 0 Å². The summed E-state index contributed by atoms with van der Waals surface area (Å²) < 4.78 is 0. The highest BCUT2D eigenvalue weighted by Crippen LogP contribution is 2.41. The normalized spacial score (nSPS) is 16.7. The van der Waals surface area contributed by atoms with E-state index in [9.17, 15) is 9.59 Å². The molecule has 2 rings (SSSR count). The van der Waals surface area contributed by atoms with Crippen molar-refractivity contribution in [1.29, 1.82) is 0 Å². The second-order valence-corrected chi connectivity index (χ2v) is 6.73. The van der Waals surface area contributed by atoms with Crippen molar-refractivity contribution in [3.05, 3.63) is 35.9 Å². The van der Waals surface area contributed by atoms with Gasteiger partial charge in [-0.3, -0.25) is 4.79 Å². The maximum absolute atomic E-state index is 12.3. The SMILES string of the molecule is CC(C)C1(NC(=O)NC(CCC(=O)O)Cc2ccccc2)CC1. The van der Waals surface area contributed by atoms with Crippen LogP contribution in [0.4, 0.5) is 4.79 Å². The molecule has 5 heteroatoms. The van der Waals surface area contributed by atoms with E-state index in [1.54, 1.807) is 0 Å². The van der Waals surface area contributed by atoms with Gasteiger partial charge in [-0.25, -0.2) is 4.79 Å². The maximum atomic E-state index is 12.3. The number of urea groups is 1. The fourth-order valence-corrected chi connectivity index (χ4v) is 2.85. The Balaban J connectivity index is 1.93. The van der Waals surface area contributed by atoms with Crippen molar-refractivity contribution in [1.82, 2.24) is 10.6 Å². The number of hydrogen-bond donors (Lipinski definition) is 3. The molecule has 1 fully saturated rings. The average molecular weight is 318 g/mol. The van der Waals surface area contributed by atoms with Gasteiger partial charge in [0.25, 0.3) is 0 Å². The zero-order valence-electron chi connectivity index (χ0n) is 13.8. The Kier molecular flexibility index (Phi) is 5.64. The summed E-state index contributed by atoms with van der Waals surface area (Å²) in [7, 11) is 0. The molecule has 0 spiro atoms. The van der Waals surface area contributed by atoms with Crippen LogP contribution in [0.15, 0.2) is 30.3 Å². The zero-order valence-corrected chi connectivity index (χ0v) is 13.8. The lowest BCUT2D eigenvalue weighted by Gasteiger charge is -2.24. The molecule has 3 N–H and O–H groups in total. The first kappa shape index (κ1) is 17.3. The minimum Gasteiger partial charge on any atom is -0.481 e. The van der Waals surface area contributed by atoms with Gasteiger partial charge in [-0.2, -0.15) is 0 Å². The van der Waals surface area contributed by atoms with Crippen molar-refractivity contribution in [2.24, 2.45) is 5.92 Å². The third-order valence-corrected chi connectivity index (χ3v) is 4.62. The molecular weight excluding hydrogens is 292 g/mol. The summed E-state index contributed by atoms with van der Waals surface area (Å²) in [5.74, 6) is -0.439. The number of rotatable bonds is 8. The average Bonchev–Trinajstić information content (AvgIpc) is 3.26. The van der Waals surface area contributed by atoms with E-state index in [4.69, 9.17) is 5.11 Å². The van der Waals surface area contributed by atoms with E-state index < -0.39 is 5.97 Å². The van der Waals surface area contributed by atoms with Crippen molar-refractivity contribution >= 4 is 12.0 Å². The predicted molar refractivity (Wildman–Crippen MR) is 89.3 cm³/mol. The second-order valence-electron chi connectivity index (χ2n) is 6.73. The molecule has 0 radical (unpaired) electrons. The fourth-order valence-electron chi connectivity index (χ4n) is 2.85. The van der Waals surface area contributed by atoms with Crippen LogP contribution in [0.5, 0.6) is 0 Å². The number of carboxylic acids is 1. The molecule has 1 aromatic carbocycles. The molecule has 0 heterocycles. The molecule has 0 aliphatic heterocycles. The van der Waals surface area contributed by atoms with Gasteiger partial charge in [-0.1, -0.05) is 44.2 Å². The smallest absolute Gasteiger partial charge is 0.315 e. The zero-order chi connectivity index (χ0) is 16.9. The third-order valence-electron chi connectivity index (χ3n) is 4.62. The summed E-state index contributed by atoms with van der Waals surface area (Å²) in [6.45, 7) is 4.22. The number of amides is 2. The number of carboxylic acid groups (broad SMARTS) is 1. The Hall–Kier alpha value is -2.04. The summed E-state index contributed by atoms with van der Waals surface area (Å²) in [5, 5.41) is 14.9. The first-order chi connectivity index (χ1) is 10.9. The molecule has 23 heavy (non-hydrogen) atoms. The van der Waals surface area contributed by atoms with Crippen molar-refractivity contribution in [2.45, 2.75) is 57.5 Å². The Labute approximate surface area is 137 Å². The van der Waals surface area contributed by atoms with Gasteiger partial charge in [0.1, 0.15) is 0 Å². The molecule has 0 saturated heterocycles. The van der Waals surface area contributed by atoms with E-state index in [-0.39, 0.29) is 24.0 Å². The molecule has 1 aliphatic carbocycles. The topological polar surface area (TPSA) is 78.4 Å². The largest absolute Gasteiger partial charge is 0.481 e. The lowest BCUT2D eigenvalue weighted by molar-refractivity contribution is -0.137. The summed E-state index contributed by atoms with van der Waals surface area (Å²) in [6, 6.07) is 9.44. The standard InChI is InChI=1S/C18H26N2O3/c1-13(2)18(10-11-18)20-17(23)19-15(8-9-16(21)22)12-14-6-4-3-5-7-14/h3-7,13,15H,8-12H2,1-2H3,(H,21,22)(H2,19,20,23). The Morgan fingerprint density at radius 2 is 1.87 bits per heavy atom. The van der Waals surface area contributed by atoms with Gasteiger partial charge in [0.05, 0.1) is 0 Å². The molecule has 1 atom stereocenters. The van der Waals surface area contributed by atoms with Gasteiger partial charge in [-0.15, -0.1) is 0 Å². The van der Waals surface area contributed by atoms with Gasteiger partial charge >= 0.3 is 12.0 Å². The minimum absolute atomic E-state index is 0.0487. The van der Waals surface area contributed by atoms with Crippen LogP contribution in [0.1, 0.15) is 45.1 Å². The monoisotopic (exact) mass is 318 g/mol. The molecule has 1 aromatic rings. The molecule has 1 unspecified atom stereocenters. The fraction of sp³-hybridized carbons (Fsp3) is 0.556. The molecule has 0 bridgehead atoms. The molecule has 0 aromatic heterocycles. The van der Waals surface area contributed by atoms with Gasteiger partial charge in [0.2, 0.25) is 0 Å². The molecule has 2 amide bonds. The summed E-state index contributed by atoms with van der Waals surface area (Å²) >= 11 is 0. The minimum atomic E-state index is -0.842. The number of carbonyl (C=O) groups excluding carboxylic acids is 1. The quantitative estimate of drug-likeness (QED) is 0.689. The Morgan fingerprint density at radius 3 is 2.39 bits per heavy atom. The number of hydrogen-bond acceptors (Lipinski definition) is 2. The van der Waals surface area contributed by atoms with E-state index in [2.05, 4.69) is 24.5 Å². The van der Waals surface area contributed by atoms with Crippen molar-refractivity contribution in [3.63, 3.8) is 0 Å². The van der Waals surface area contributed by atoms with E-state index in [0.29, 0.717) is 18.8 Å². The lowest BCUT2D eigenvalue weighted by Crippen LogP contribution is -2.50. The Morgan fingerprint density at radius 1 is 1.22 bits per heavy atom. The number of benzene rings is 1. The molecular formula is C18H26N2O3. The van der Waals surface area contributed by atoms with E-state index >= 15 is 0 Å². The number of aliphatic carboxylic acids is 1. The van der Waals surface area contributed by atoms with Crippen molar-refractivity contribution < 1.29 is 14.7 Å². The van der Waals surface area contributed by atoms with Gasteiger partial charge in [0.15, 0.2) is 0 Å². The van der Waals surface area contributed by atoms with Crippen LogP contribution in [0.3, 0.4) is 0 Å².